The van der Waals surface area contributed by atoms with E-state index in [9.17, 15) is 0 Å². The number of fused-ring (bicyclic) bond motifs is 2. The molecule has 2 heterocycles. The number of rotatable bonds is 1. The Kier molecular flexibility index (Phi) is 2.77. The van der Waals surface area contributed by atoms with Gasteiger partial charge in [0.2, 0.25) is 0 Å². The second-order valence-corrected chi connectivity index (χ2v) is 6.40. The highest BCUT2D eigenvalue weighted by Gasteiger charge is 2.47. The molecule has 0 fully saturated rings. The number of benzene rings is 1. The zero-order valence-corrected chi connectivity index (χ0v) is 11.7. The lowest BCUT2D eigenvalue weighted by molar-refractivity contribution is 0.154. The third-order valence-corrected chi connectivity index (χ3v) is 4.96. The van der Waals surface area contributed by atoms with Gasteiger partial charge in [-0.1, -0.05) is 18.2 Å². The molecule has 1 aromatic carbocycles. The molecule has 18 heavy (non-hydrogen) atoms. The molecule has 1 spiro atoms. The fourth-order valence-corrected chi connectivity index (χ4v) is 4.45. The normalized spacial score (nSPS) is 26.6. The van der Waals surface area contributed by atoms with Crippen LogP contribution in [0.25, 0.3) is 0 Å². The van der Waals surface area contributed by atoms with Gasteiger partial charge in [-0.25, -0.2) is 0 Å². The topological polar surface area (TPSA) is 41.6 Å². The summed E-state index contributed by atoms with van der Waals surface area (Å²) in [7, 11) is 0. The molecule has 0 saturated carbocycles. The average Bonchev–Trinajstić information content (AvgIpc) is 2.68. The molecule has 96 valence electrons. The van der Waals surface area contributed by atoms with E-state index in [1.54, 1.807) is 0 Å². The number of hydrogen-bond donors (Lipinski definition) is 1. The molecule has 3 rings (SSSR count). The maximum absolute atomic E-state index is 6.11. The van der Waals surface area contributed by atoms with Crippen molar-refractivity contribution in [1.29, 1.82) is 0 Å². The largest absolute Gasteiger partial charge is 0.370 e. The summed E-state index contributed by atoms with van der Waals surface area (Å²) >= 11 is 1.95. The molecule has 4 heteroatoms. The van der Waals surface area contributed by atoms with E-state index in [1.165, 1.54) is 10.5 Å². The Bertz CT molecular complexity index is 498. The molecule has 1 aromatic rings. The van der Waals surface area contributed by atoms with Crippen LogP contribution in [0.2, 0.25) is 0 Å². The van der Waals surface area contributed by atoms with Crippen LogP contribution in [0.5, 0.6) is 0 Å². The van der Waals surface area contributed by atoms with E-state index < -0.39 is 0 Å². The van der Waals surface area contributed by atoms with Gasteiger partial charge in [-0.15, -0.1) is 11.8 Å². The lowest BCUT2D eigenvalue weighted by Crippen LogP contribution is -2.54. The molecule has 3 nitrogen and oxygen atoms in total. The fourth-order valence-electron chi connectivity index (χ4n) is 3.20. The number of nitrogens with zero attached hydrogens (tertiary/aromatic N) is 2. The molecule has 0 aromatic heterocycles. The Morgan fingerprint density at radius 1 is 1.39 bits per heavy atom. The third-order valence-electron chi connectivity index (χ3n) is 3.89. The van der Waals surface area contributed by atoms with Crippen molar-refractivity contribution in [1.82, 2.24) is 4.90 Å². The smallest absolute Gasteiger partial charge is 0.192 e. The van der Waals surface area contributed by atoms with Crippen LogP contribution in [0.15, 0.2) is 34.2 Å². The minimum absolute atomic E-state index is 0.0000926. The van der Waals surface area contributed by atoms with Gasteiger partial charge in [0.1, 0.15) is 0 Å². The highest BCUT2D eigenvalue weighted by molar-refractivity contribution is 7.99. The summed E-state index contributed by atoms with van der Waals surface area (Å²) in [6.45, 7) is 5.19. The molecular weight excluding hydrogens is 242 g/mol. The van der Waals surface area contributed by atoms with Gasteiger partial charge in [0.05, 0.1) is 12.1 Å². The third kappa shape index (κ3) is 1.55. The molecule has 2 aliphatic rings. The first-order valence-electron chi connectivity index (χ1n) is 6.47. The molecule has 2 aliphatic heterocycles. The summed E-state index contributed by atoms with van der Waals surface area (Å²) < 4.78 is 0. The van der Waals surface area contributed by atoms with Crippen LogP contribution in [0.4, 0.5) is 0 Å². The summed E-state index contributed by atoms with van der Waals surface area (Å²) in [6.07, 6.45) is 1.12. The first-order chi connectivity index (χ1) is 8.65. The SMILES string of the molecule is CC(C)N1C(N)=NCC12CCSc1ccccc12. The number of hydrogen-bond acceptors (Lipinski definition) is 4. The lowest BCUT2D eigenvalue weighted by atomic mass is 9.85. The Morgan fingerprint density at radius 3 is 2.94 bits per heavy atom. The molecule has 0 saturated heterocycles. The van der Waals surface area contributed by atoms with E-state index in [4.69, 9.17) is 5.73 Å². The summed E-state index contributed by atoms with van der Waals surface area (Å²) in [5, 5.41) is 0. The van der Waals surface area contributed by atoms with Gasteiger partial charge in [0.15, 0.2) is 5.96 Å². The van der Waals surface area contributed by atoms with Gasteiger partial charge in [0.25, 0.3) is 0 Å². The molecule has 0 amide bonds. The number of guanidine groups is 1. The van der Waals surface area contributed by atoms with Crippen molar-refractivity contribution in [2.45, 2.75) is 36.7 Å². The van der Waals surface area contributed by atoms with Gasteiger partial charge < -0.3 is 10.6 Å². The van der Waals surface area contributed by atoms with Crippen molar-refractivity contribution in [3.05, 3.63) is 29.8 Å². The molecule has 1 atom stereocenters. The van der Waals surface area contributed by atoms with Gasteiger partial charge in [-0.05, 0) is 31.9 Å². The minimum atomic E-state index is 0.0000926. The fraction of sp³-hybridized carbons (Fsp3) is 0.500. The van der Waals surface area contributed by atoms with Gasteiger partial charge >= 0.3 is 0 Å². The van der Waals surface area contributed by atoms with Crippen molar-refractivity contribution < 1.29 is 0 Å². The highest BCUT2D eigenvalue weighted by atomic mass is 32.2. The summed E-state index contributed by atoms with van der Waals surface area (Å²) in [5.74, 6) is 1.84. The van der Waals surface area contributed by atoms with Crippen LogP contribution >= 0.6 is 11.8 Å². The molecule has 0 bridgehead atoms. The van der Waals surface area contributed by atoms with Crippen LogP contribution in [-0.2, 0) is 5.54 Å². The van der Waals surface area contributed by atoms with Crippen LogP contribution in [-0.4, -0.2) is 29.2 Å². The first kappa shape index (κ1) is 11.9. The maximum Gasteiger partial charge on any atom is 0.192 e. The summed E-state index contributed by atoms with van der Waals surface area (Å²) in [5.41, 5.74) is 7.51. The quantitative estimate of drug-likeness (QED) is 0.844. The van der Waals surface area contributed by atoms with Crippen molar-refractivity contribution in [2.24, 2.45) is 10.7 Å². The van der Waals surface area contributed by atoms with E-state index in [0.29, 0.717) is 12.0 Å². The van der Waals surface area contributed by atoms with E-state index in [-0.39, 0.29) is 5.54 Å². The standard InChI is InChI=1S/C14H19N3S/c1-10(2)17-13(15)16-9-14(17)7-8-18-12-6-4-3-5-11(12)14/h3-6,10H,7-9H2,1-2H3,(H2,15,16). The Labute approximate surface area is 112 Å². The second kappa shape index (κ2) is 4.19. The van der Waals surface area contributed by atoms with Crippen molar-refractivity contribution in [3.8, 4) is 0 Å². The first-order valence-corrected chi connectivity index (χ1v) is 7.45. The number of nitrogens with two attached hydrogens (primary N) is 1. The minimum Gasteiger partial charge on any atom is -0.370 e. The highest BCUT2D eigenvalue weighted by Crippen LogP contribution is 2.46. The van der Waals surface area contributed by atoms with Crippen LogP contribution in [0.3, 0.4) is 0 Å². The molecular formula is C14H19N3S. The lowest BCUT2D eigenvalue weighted by Gasteiger charge is -2.45. The summed E-state index contributed by atoms with van der Waals surface area (Å²) in [6, 6.07) is 9.08. The van der Waals surface area contributed by atoms with Crippen molar-refractivity contribution >= 4 is 17.7 Å². The van der Waals surface area contributed by atoms with E-state index in [2.05, 4.69) is 48.0 Å². The van der Waals surface area contributed by atoms with Crippen LogP contribution in [0, 0.1) is 0 Å². The van der Waals surface area contributed by atoms with Crippen molar-refractivity contribution in [2.75, 3.05) is 12.3 Å². The Balaban J connectivity index is 2.12. The number of aliphatic imine (C=N–C) groups is 1. The molecule has 0 aliphatic carbocycles. The van der Waals surface area contributed by atoms with E-state index in [1.807, 2.05) is 11.8 Å². The van der Waals surface area contributed by atoms with Crippen LogP contribution in [0.1, 0.15) is 25.8 Å². The summed E-state index contributed by atoms with van der Waals surface area (Å²) in [4.78, 5) is 8.23. The zero-order valence-electron chi connectivity index (χ0n) is 10.9. The predicted molar refractivity (Wildman–Crippen MR) is 76.9 cm³/mol. The van der Waals surface area contributed by atoms with E-state index >= 15 is 0 Å². The Hall–Kier alpha value is -1.16. The van der Waals surface area contributed by atoms with Crippen LogP contribution < -0.4 is 5.73 Å². The molecule has 2 N–H and O–H groups in total. The predicted octanol–water partition coefficient (Wildman–Crippen LogP) is 2.42. The Morgan fingerprint density at radius 2 is 2.17 bits per heavy atom. The maximum atomic E-state index is 6.11. The van der Waals surface area contributed by atoms with E-state index in [0.717, 1.165) is 18.7 Å². The monoisotopic (exact) mass is 261 g/mol. The van der Waals surface area contributed by atoms with Gasteiger partial charge in [-0.2, -0.15) is 0 Å². The van der Waals surface area contributed by atoms with Gasteiger partial charge in [-0.3, -0.25) is 4.99 Å². The van der Waals surface area contributed by atoms with Crippen molar-refractivity contribution in [3.63, 3.8) is 0 Å². The molecule has 0 radical (unpaired) electrons. The van der Waals surface area contributed by atoms with Gasteiger partial charge in [0, 0.05) is 16.7 Å². The second-order valence-electron chi connectivity index (χ2n) is 5.26. The zero-order chi connectivity index (χ0) is 12.8. The number of thioether (sulfide) groups is 1. The average molecular weight is 261 g/mol. The molecule has 1 unspecified atom stereocenters.